The molecule has 314 valence electrons. The third-order valence-electron chi connectivity index (χ3n) is 15.7. The fourth-order valence-corrected chi connectivity index (χ4v) is 13.2. The third-order valence-corrected chi connectivity index (χ3v) is 15.7. The van der Waals surface area contributed by atoms with Gasteiger partial charge in [0.1, 0.15) is 0 Å². The molecular formula is C46H57N5O8. The number of anilines is 1. The van der Waals surface area contributed by atoms with Crippen molar-refractivity contribution in [2.45, 2.75) is 109 Å². The lowest BCUT2D eigenvalue weighted by molar-refractivity contribution is -0.402. The van der Waals surface area contributed by atoms with Crippen molar-refractivity contribution in [3.8, 4) is 0 Å². The SMILES string of the molecule is C=C1C(=O)[C@]23[C@H](O)[C@H]1C[C@H](O)[C@H]2[C@]12CCCC(C)(C)[C@H]1C[C@H]3O[C@H]2OCCCc1cn(CCOCCN2C(=O)c3cccc4c(N5CCCCC5)ccc(c34)C2=O)nn1. The number of aryl methyl sites for hydroxylation is 1. The lowest BCUT2D eigenvalue weighted by atomic mass is 9.37. The van der Waals surface area contributed by atoms with Crippen molar-refractivity contribution in [2.24, 2.45) is 34.0 Å². The van der Waals surface area contributed by atoms with Crippen LogP contribution in [0, 0.1) is 34.0 Å². The Labute approximate surface area is 345 Å². The molecule has 4 aliphatic heterocycles. The molecule has 8 aliphatic rings. The summed E-state index contributed by atoms with van der Waals surface area (Å²) in [6.07, 6.45) is 7.79. The van der Waals surface area contributed by atoms with E-state index in [1.54, 1.807) is 4.68 Å². The smallest absolute Gasteiger partial charge is 0.261 e. The van der Waals surface area contributed by atoms with Crippen LogP contribution in [0.25, 0.3) is 10.8 Å². The second-order valence-corrected chi connectivity index (χ2v) is 19.0. The number of Topliss-reactive ketones (excluding diaryl/α,β-unsaturated/α-hetero) is 1. The topological polar surface area (TPSA) is 157 Å². The number of amides is 2. The van der Waals surface area contributed by atoms with E-state index in [1.807, 2.05) is 36.5 Å². The van der Waals surface area contributed by atoms with Crippen LogP contribution in [-0.2, 0) is 32.0 Å². The number of hydrogen-bond donors (Lipinski definition) is 2. The molecule has 4 bridgehead atoms. The summed E-state index contributed by atoms with van der Waals surface area (Å²) < 4.78 is 21.0. The molecule has 5 heterocycles. The molecule has 2 N–H and O–H groups in total. The number of imide groups is 1. The summed E-state index contributed by atoms with van der Waals surface area (Å²) in [7, 11) is 0. The Kier molecular flexibility index (Phi) is 9.67. The van der Waals surface area contributed by atoms with Gasteiger partial charge in [0, 0.05) is 64.1 Å². The molecule has 13 heteroatoms. The van der Waals surface area contributed by atoms with Crippen molar-refractivity contribution in [1.29, 1.82) is 0 Å². The van der Waals surface area contributed by atoms with E-state index in [2.05, 4.69) is 35.6 Å². The molecule has 3 saturated heterocycles. The molecule has 4 saturated carbocycles. The number of benzene rings is 2. The standard InChI is InChI=1S/C46H57N5O8/c1-27-32-24-34(52)38-45-16-9-15-44(2,3)35(45)25-36(46(38,39(27)53)40(32)54)59-43(45)58-21-8-10-28-26-50(48-47-28)19-22-57-23-20-51-41(55)30-12-7-11-29-33(49-17-5-4-6-18-49)14-13-31(37(29)30)42(51)56/h7,11-14,26,32,34-36,38,40,43,52,54H,1,4-6,8-10,15-25H2,2-3H3/t32-,34-,35+,36+,38-,40+,43+,45-,46+/m0/s1. The number of ketones is 1. The van der Waals surface area contributed by atoms with Crippen molar-refractivity contribution in [3.63, 3.8) is 0 Å². The molecule has 9 atom stereocenters. The van der Waals surface area contributed by atoms with Gasteiger partial charge in [0.2, 0.25) is 0 Å². The Morgan fingerprint density at radius 1 is 0.932 bits per heavy atom. The molecule has 13 nitrogen and oxygen atoms in total. The van der Waals surface area contributed by atoms with Gasteiger partial charge in [-0.25, -0.2) is 4.68 Å². The number of rotatable bonds is 12. The van der Waals surface area contributed by atoms with E-state index in [-0.39, 0.29) is 42.1 Å². The minimum Gasteiger partial charge on any atom is -0.393 e. The second-order valence-electron chi connectivity index (χ2n) is 19.0. The van der Waals surface area contributed by atoms with E-state index in [9.17, 15) is 24.6 Å². The van der Waals surface area contributed by atoms with Crippen LogP contribution < -0.4 is 4.90 Å². The number of aliphatic hydroxyl groups is 2. The Morgan fingerprint density at radius 2 is 1.71 bits per heavy atom. The van der Waals surface area contributed by atoms with Crippen molar-refractivity contribution in [3.05, 3.63) is 65.5 Å². The number of piperidine rings is 1. The fraction of sp³-hybridized carbons (Fsp3) is 0.630. The van der Waals surface area contributed by atoms with Gasteiger partial charge in [-0.15, -0.1) is 5.10 Å². The Balaban J connectivity index is 0.726. The van der Waals surface area contributed by atoms with E-state index in [4.69, 9.17) is 14.2 Å². The van der Waals surface area contributed by atoms with Gasteiger partial charge in [-0.05, 0) is 92.9 Å². The number of nitrogens with zero attached hydrogens (tertiary/aromatic N) is 5. The molecule has 59 heavy (non-hydrogen) atoms. The molecule has 3 aromatic rings. The molecule has 11 rings (SSSR count). The summed E-state index contributed by atoms with van der Waals surface area (Å²) in [6.45, 7) is 12.2. The highest BCUT2D eigenvalue weighted by molar-refractivity contribution is 6.26. The minimum atomic E-state index is -1.16. The van der Waals surface area contributed by atoms with Gasteiger partial charge >= 0.3 is 0 Å². The monoisotopic (exact) mass is 807 g/mol. The summed E-state index contributed by atoms with van der Waals surface area (Å²) >= 11 is 0. The number of ether oxygens (including phenoxy) is 3. The number of carbonyl (C=O) groups is 3. The van der Waals surface area contributed by atoms with Crippen LogP contribution in [0.4, 0.5) is 5.69 Å². The molecule has 1 aromatic heterocycles. The fourth-order valence-electron chi connectivity index (χ4n) is 13.2. The first-order valence-corrected chi connectivity index (χ1v) is 22.0. The summed E-state index contributed by atoms with van der Waals surface area (Å²) in [6, 6.07) is 9.65. The van der Waals surface area contributed by atoms with Crippen molar-refractivity contribution in [2.75, 3.05) is 44.4 Å². The Morgan fingerprint density at radius 3 is 2.53 bits per heavy atom. The van der Waals surface area contributed by atoms with E-state index in [1.165, 1.54) is 11.3 Å². The average molecular weight is 808 g/mol. The second kappa shape index (κ2) is 14.6. The summed E-state index contributed by atoms with van der Waals surface area (Å²) in [4.78, 5) is 44.9. The maximum absolute atomic E-state index is 14.0. The summed E-state index contributed by atoms with van der Waals surface area (Å²) in [5.41, 5.74) is 1.70. The van der Waals surface area contributed by atoms with E-state index in [0.29, 0.717) is 62.1 Å². The predicted molar refractivity (Wildman–Crippen MR) is 218 cm³/mol. The van der Waals surface area contributed by atoms with Crippen LogP contribution in [-0.4, -0.2) is 112 Å². The van der Waals surface area contributed by atoms with Crippen molar-refractivity contribution < 1.29 is 38.8 Å². The highest BCUT2D eigenvalue weighted by Crippen LogP contribution is 2.75. The molecule has 2 aromatic carbocycles. The summed E-state index contributed by atoms with van der Waals surface area (Å²) in [5, 5.41) is 33.9. The first-order chi connectivity index (χ1) is 28.5. The van der Waals surface area contributed by atoms with Gasteiger partial charge in [-0.3, -0.25) is 19.3 Å². The zero-order valence-corrected chi connectivity index (χ0v) is 34.3. The Hall–Kier alpha value is -4.01. The van der Waals surface area contributed by atoms with E-state index in [0.717, 1.165) is 67.3 Å². The van der Waals surface area contributed by atoms with Gasteiger partial charge in [-0.1, -0.05) is 44.2 Å². The van der Waals surface area contributed by atoms with Crippen molar-refractivity contribution in [1.82, 2.24) is 19.9 Å². The van der Waals surface area contributed by atoms with Gasteiger partial charge in [0.15, 0.2) is 12.1 Å². The minimum absolute atomic E-state index is 0.0210. The van der Waals surface area contributed by atoms with Gasteiger partial charge in [0.25, 0.3) is 11.8 Å². The quantitative estimate of drug-likeness (QED) is 0.143. The molecule has 0 radical (unpaired) electrons. The van der Waals surface area contributed by atoms with E-state index < -0.39 is 47.3 Å². The third kappa shape index (κ3) is 5.77. The number of hydrogen-bond acceptors (Lipinski definition) is 11. The van der Waals surface area contributed by atoms with Crippen LogP contribution in [0.5, 0.6) is 0 Å². The molecule has 2 amide bonds. The van der Waals surface area contributed by atoms with Crippen LogP contribution in [0.2, 0.25) is 0 Å². The highest BCUT2D eigenvalue weighted by Gasteiger charge is 2.81. The number of aromatic nitrogens is 3. The van der Waals surface area contributed by atoms with Crippen LogP contribution >= 0.6 is 0 Å². The summed E-state index contributed by atoms with van der Waals surface area (Å²) in [5.74, 6) is -1.37. The van der Waals surface area contributed by atoms with Gasteiger partial charge in [0.05, 0.1) is 62.3 Å². The first-order valence-electron chi connectivity index (χ1n) is 22.0. The zero-order valence-electron chi connectivity index (χ0n) is 34.3. The normalized spacial score (nSPS) is 34.5. The number of aliphatic hydroxyl groups excluding tert-OH is 2. The molecule has 2 spiro atoms. The zero-order chi connectivity index (χ0) is 40.8. The van der Waals surface area contributed by atoms with Gasteiger partial charge < -0.3 is 29.3 Å². The van der Waals surface area contributed by atoms with Crippen LogP contribution in [0.15, 0.2) is 48.7 Å². The highest BCUT2D eigenvalue weighted by atomic mass is 16.7. The lowest BCUT2D eigenvalue weighted by Gasteiger charge is -2.72. The lowest BCUT2D eigenvalue weighted by Crippen LogP contribution is -2.78. The maximum Gasteiger partial charge on any atom is 0.261 e. The molecule has 4 aliphatic carbocycles. The van der Waals surface area contributed by atoms with Crippen LogP contribution in [0.3, 0.4) is 0 Å². The van der Waals surface area contributed by atoms with Gasteiger partial charge in [-0.2, -0.15) is 0 Å². The van der Waals surface area contributed by atoms with Crippen molar-refractivity contribution >= 4 is 34.1 Å². The first kappa shape index (κ1) is 39.1. The average Bonchev–Trinajstić information content (AvgIpc) is 3.73. The van der Waals surface area contributed by atoms with Crippen LogP contribution in [0.1, 0.15) is 98.0 Å². The molecule has 7 fully saturated rings. The number of carbonyl (C=O) groups excluding carboxylic acids is 3. The van der Waals surface area contributed by atoms with E-state index >= 15 is 0 Å². The number of fused-ring (bicyclic) bond motifs is 2. The molecule has 0 unspecified atom stereocenters. The maximum atomic E-state index is 14.0. The largest absolute Gasteiger partial charge is 0.393 e. The predicted octanol–water partition coefficient (Wildman–Crippen LogP) is 5.11. The molecular weight excluding hydrogens is 751 g/mol. The Bertz CT molecular complexity index is 2180.